The van der Waals surface area contributed by atoms with Gasteiger partial charge < -0.3 is 9.84 Å². The van der Waals surface area contributed by atoms with Crippen LogP contribution in [0, 0.1) is 5.92 Å². The number of ether oxygens (including phenoxy) is 1. The summed E-state index contributed by atoms with van der Waals surface area (Å²) in [5.74, 6) is 1.53. The monoisotopic (exact) mass is 326 g/mol. The third kappa shape index (κ3) is 3.73. The van der Waals surface area contributed by atoms with Gasteiger partial charge in [0.1, 0.15) is 5.75 Å². The highest BCUT2D eigenvalue weighted by molar-refractivity contribution is 9.10. The summed E-state index contributed by atoms with van der Waals surface area (Å²) in [5, 5.41) is 10.9. The van der Waals surface area contributed by atoms with Gasteiger partial charge in [-0.15, -0.1) is 0 Å². The van der Waals surface area contributed by atoms with Crippen molar-refractivity contribution in [2.75, 3.05) is 7.11 Å². The number of rotatable bonds is 4. The minimum absolute atomic E-state index is 0.562. The van der Waals surface area contributed by atoms with Crippen molar-refractivity contribution in [2.24, 2.45) is 5.92 Å². The van der Waals surface area contributed by atoms with Gasteiger partial charge in [-0.3, -0.25) is 0 Å². The zero-order valence-corrected chi connectivity index (χ0v) is 13.4. The van der Waals surface area contributed by atoms with Crippen molar-refractivity contribution in [3.63, 3.8) is 0 Å². The van der Waals surface area contributed by atoms with Gasteiger partial charge in [-0.25, -0.2) is 0 Å². The molecule has 1 fully saturated rings. The number of hydrogen-bond acceptors (Lipinski definition) is 2. The molecule has 2 nitrogen and oxygen atoms in total. The maximum absolute atomic E-state index is 10.9. The second-order valence-corrected chi connectivity index (χ2v) is 6.64. The van der Waals surface area contributed by atoms with Gasteiger partial charge in [0.25, 0.3) is 0 Å². The second kappa shape index (κ2) is 6.27. The smallest absolute Gasteiger partial charge is 0.122 e. The molecule has 0 aromatic heterocycles. The Kier molecular flexibility index (Phi) is 4.91. The van der Waals surface area contributed by atoms with Crippen LogP contribution in [0.1, 0.15) is 44.6 Å². The molecule has 0 aliphatic heterocycles. The first kappa shape index (κ1) is 14.9. The van der Waals surface area contributed by atoms with E-state index in [4.69, 9.17) is 4.74 Å². The van der Waals surface area contributed by atoms with Gasteiger partial charge in [-0.05, 0) is 42.5 Å². The Balaban J connectivity index is 2.17. The largest absolute Gasteiger partial charge is 0.496 e. The van der Waals surface area contributed by atoms with Crippen LogP contribution in [0.3, 0.4) is 0 Å². The van der Waals surface area contributed by atoms with E-state index in [1.807, 2.05) is 12.1 Å². The number of benzene rings is 1. The summed E-state index contributed by atoms with van der Waals surface area (Å²) in [6.45, 7) is 2.22. The van der Waals surface area contributed by atoms with Gasteiger partial charge in [0.2, 0.25) is 0 Å². The predicted molar refractivity (Wildman–Crippen MR) is 81.6 cm³/mol. The summed E-state index contributed by atoms with van der Waals surface area (Å²) in [7, 11) is 1.69. The lowest BCUT2D eigenvalue weighted by Gasteiger charge is -2.37. The van der Waals surface area contributed by atoms with Crippen LogP contribution in [-0.2, 0) is 6.42 Å². The van der Waals surface area contributed by atoms with E-state index in [0.717, 1.165) is 41.5 Å². The number of halogens is 1. The molecule has 2 atom stereocenters. The van der Waals surface area contributed by atoms with Crippen LogP contribution in [0.4, 0.5) is 0 Å². The Bertz CT molecular complexity index is 433. The molecule has 1 aliphatic carbocycles. The highest BCUT2D eigenvalue weighted by Crippen LogP contribution is 2.38. The lowest BCUT2D eigenvalue weighted by Crippen LogP contribution is -2.37. The molecule has 0 amide bonds. The summed E-state index contributed by atoms with van der Waals surface area (Å²) in [6, 6.07) is 6.00. The van der Waals surface area contributed by atoms with E-state index in [9.17, 15) is 5.11 Å². The fraction of sp³-hybridized carbons (Fsp3) is 0.625. The van der Waals surface area contributed by atoms with E-state index in [0.29, 0.717) is 12.3 Å². The number of hydrogen-bond donors (Lipinski definition) is 1. The molecular weight excluding hydrogens is 304 g/mol. The summed E-state index contributed by atoms with van der Waals surface area (Å²) < 4.78 is 6.44. The summed E-state index contributed by atoms with van der Waals surface area (Å²) in [6.07, 6.45) is 6.06. The Morgan fingerprint density at radius 2 is 2.26 bits per heavy atom. The van der Waals surface area contributed by atoms with Crippen LogP contribution >= 0.6 is 15.9 Å². The van der Waals surface area contributed by atoms with E-state index in [2.05, 4.69) is 28.9 Å². The molecule has 2 unspecified atom stereocenters. The van der Waals surface area contributed by atoms with Crippen LogP contribution in [0.25, 0.3) is 0 Å². The lowest BCUT2D eigenvalue weighted by molar-refractivity contribution is -0.0165. The van der Waals surface area contributed by atoms with Crippen molar-refractivity contribution in [2.45, 2.75) is 51.0 Å². The first-order valence-electron chi connectivity index (χ1n) is 7.11. The number of aliphatic hydroxyl groups is 1. The molecule has 106 valence electrons. The molecule has 0 bridgehead atoms. The van der Waals surface area contributed by atoms with E-state index < -0.39 is 5.60 Å². The molecule has 1 aliphatic rings. The summed E-state index contributed by atoms with van der Waals surface area (Å²) in [5.41, 5.74) is 0.531. The van der Waals surface area contributed by atoms with Gasteiger partial charge in [0.05, 0.1) is 12.7 Å². The standard InChI is InChI=1S/C16H23BrO2/c1-3-12-5-4-8-16(18,10-12)11-13-9-14(17)6-7-15(13)19-2/h6-7,9,12,18H,3-5,8,10-11H2,1-2H3. The maximum atomic E-state index is 10.9. The first-order chi connectivity index (χ1) is 9.06. The zero-order chi connectivity index (χ0) is 13.9. The highest BCUT2D eigenvalue weighted by atomic mass is 79.9. The molecule has 1 aromatic rings. The highest BCUT2D eigenvalue weighted by Gasteiger charge is 2.34. The molecule has 1 aromatic carbocycles. The SMILES string of the molecule is CCC1CCCC(O)(Cc2cc(Br)ccc2OC)C1. The van der Waals surface area contributed by atoms with Crippen LogP contribution in [-0.4, -0.2) is 17.8 Å². The van der Waals surface area contributed by atoms with Crippen LogP contribution < -0.4 is 4.74 Å². The molecule has 0 spiro atoms. The predicted octanol–water partition coefficient (Wildman–Crippen LogP) is 4.33. The average molecular weight is 327 g/mol. The van der Waals surface area contributed by atoms with Crippen molar-refractivity contribution >= 4 is 15.9 Å². The third-order valence-electron chi connectivity index (χ3n) is 4.26. The fourth-order valence-electron chi connectivity index (χ4n) is 3.21. The lowest BCUT2D eigenvalue weighted by atomic mass is 9.74. The van der Waals surface area contributed by atoms with Crippen molar-refractivity contribution < 1.29 is 9.84 Å². The molecule has 0 saturated heterocycles. The van der Waals surface area contributed by atoms with E-state index in [1.54, 1.807) is 7.11 Å². The Labute approximate surface area is 124 Å². The topological polar surface area (TPSA) is 29.5 Å². The van der Waals surface area contributed by atoms with Crippen molar-refractivity contribution in [3.8, 4) is 5.75 Å². The minimum atomic E-state index is -0.562. The van der Waals surface area contributed by atoms with E-state index in [1.165, 1.54) is 6.42 Å². The maximum Gasteiger partial charge on any atom is 0.122 e. The van der Waals surface area contributed by atoms with Crippen LogP contribution in [0.2, 0.25) is 0 Å². The number of methoxy groups -OCH3 is 1. The Hall–Kier alpha value is -0.540. The molecule has 19 heavy (non-hydrogen) atoms. The van der Waals surface area contributed by atoms with Gasteiger partial charge in [0.15, 0.2) is 0 Å². The van der Waals surface area contributed by atoms with Crippen molar-refractivity contribution in [1.82, 2.24) is 0 Å². The van der Waals surface area contributed by atoms with Crippen molar-refractivity contribution in [3.05, 3.63) is 28.2 Å². The van der Waals surface area contributed by atoms with Gasteiger partial charge in [-0.2, -0.15) is 0 Å². The van der Waals surface area contributed by atoms with Crippen LogP contribution in [0.15, 0.2) is 22.7 Å². The summed E-state index contributed by atoms with van der Waals surface area (Å²) in [4.78, 5) is 0. The molecule has 2 rings (SSSR count). The Morgan fingerprint density at radius 3 is 2.95 bits per heavy atom. The molecule has 3 heteroatoms. The quantitative estimate of drug-likeness (QED) is 0.892. The summed E-state index contributed by atoms with van der Waals surface area (Å²) >= 11 is 3.50. The normalized spacial score (nSPS) is 27.3. The molecule has 1 N–H and O–H groups in total. The van der Waals surface area contributed by atoms with Crippen molar-refractivity contribution in [1.29, 1.82) is 0 Å². The molecule has 0 heterocycles. The van der Waals surface area contributed by atoms with Crippen LogP contribution in [0.5, 0.6) is 5.75 Å². The second-order valence-electron chi connectivity index (χ2n) is 5.73. The minimum Gasteiger partial charge on any atom is -0.496 e. The third-order valence-corrected chi connectivity index (χ3v) is 4.76. The Morgan fingerprint density at radius 1 is 1.47 bits per heavy atom. The van der Waals surface area contributed by atoms with Gasteiger partial charge in [-0.1, -0.05) is 42.1 Å². The fourth-order valence-corrected chi connectivity index (χ4v) is 3.62. The van der Waals surface area contributed by atoms with Gasteiger partial charge in [0, 0.05) is 10.9 Å². The average Bonchev–Trinajstić information content (AvgIpc) is 2.38. The zero-order valence-electron chi connectivity index (χ0n) is 11.8. The van der Waals surface area contributed by atoms with E-state index >= 15 is 0 Å². The van der Waals surface area contributed by atoms with E-state index in [-0.39, 0.29) is 0 Å². The first-order valence-corrected chi connectivity index (χ1v) is 7.90. The van der Waals surface area contributed by atoms with Gasteiger partial charge >= 0.3 is 0 Å². The molecule has 1 saturated carbocycles. The molecule has 0 radical (unpaired) electrons. The molecular formula is C16H23BrO2.